The summed E-state index contributed by atoms with van der Waals surface area (Å²) in [7, 11) is -0.748. The van der Waals surface area contributed by atoms with Crippen LogP contribution in [0.2, 0.25) is 5.02 Å². The van der Waals surface area contributed by atoms with Crippen LogP contribution < -0.4 is 5.32 Å². The Labute approximate surface area is 110 Å². The van der Waals surface area contributed by atoms with Crippen LogP contribution >= 0.6 is 11.6 Å². The molecule has 1 aliphatic carbocycles. The molecule has 1 aliphatic rings. The first-order valence-corrected chi connectivity index (χ1v) is 7.89. The molecule has 0 heterocycles. The highest BCUT2D eigenvalue weighted by Gasteiger charge is 2.21. The first kappa shape index (κ1) is 13.1. The molecule has 0 radical (unpaired) electrons. The molecule has 0 fully saturated rings. The van der Waals surface area contributed by atoms with Gasteiger partial charge >= 0.3 is 0 Å². The van der Waals surface area contributed by atoms with E-state index in [1.54, 1.807) is 6.26 Å². The molecule has 1 aromatic rings. The summed E-state index contributed by atoms with van der Waals surface area (Å²) in [6, 6.07) is 6.59. The van der Waals surface area contributed by atoms with Gasteiger partial charge in [-0.2, -0.15) is 0 Å². The lowest BCUT2D eigenvalue weighted by Gasteiger charge is -2.15. The molecule has 0 aromatic heterocycles. The molecule has 0 aliphatic heterocycles. The Morgan fingerprint density at radius 2 is 2.18 bits per heavy atom. The van der Waals surface area contributed by atoms with Gasteiger partial charge < -0.3 is 5.32 Å². The Morgan fingerprint density at radius 3 is 2.88 bits per heavy atom. The van der Waals surface area contributed by atoms with Crippen LogP contribution in [0, 0.1) is 0 Å². The van der Waals surface area contributed by atoms with E-state index in [2.05, 4.69) is 17.4 Å². The highest BCUT2D eigenvalue weighted by Crippen LogP contribution is 2.25. The van der Waals surface area contributed by atoms with Crippen molar-refractivity contribution in [3.63, 3.8) is 0 Å². The van der Waals surface area contributed by atoms with E-state index in [-0.39, 0.29) is 5.25 Å². The predicted octanol–water partition coefficient (Wildman–Crippen LogP) is 2.16. The highest BCUT2D eigenvalue weighted by atomic mass is 35.5. The molecule has 2 nitrogen and oxygen atoms in total. The van der Waals surface area contributed by atoms with E-state index in [0.717, 1.165) is 24.4 Å². The van der Waals surface area contributed by atoms with Crippen LogP contribution in [-0.4, -0.2) is 28.3 Å². The molecule has 1 N–H and O–H groups in total. The summed E-state index contributed by atoms with van der Waals surface area (Å²) < 4.78 is 11.3. The molecule has 1 aromatic carbocycles. The lowest BCUT2D eigenvalue weighted by molar-refractivity contribution is 0.531. The molecular weight excluding hydrogens is 254 g/mol. The van der Waals surface area contributed by atoms with Crippen LogP contribution in [0.15, 0.2) is 18.2 Å². The smallest absolute Gasteiger partial charge is 0.0441 e. The van der Waals surface area contributed by atoms with Crippen LogP contribution in [-0.2, 0) is 23.6 Å². The Morgan fingerprint density at radius 1 is 1.47 bits per heavy atom. The zero-order valence-electron chi connectivity index (χ0n) is 10.2. The summed E-state index contributed by atoms with van der Waals surface area (Å²) in [6.07, 6.45) is 3.84. The van der Waals surface area contributed by atoms with E-state index >= 15 is 0 Å². The SMILES string of the molecule is CC(CNC1Cc2ccc(Cl)cc2C1)S(C)=O. The van der Waals surface area contributed by atoms with Crippen molar-refractivity contribution in [3.8, 4) is 0 Å². The van der Waals surface area contributed by atoms with Gasteiger partial charge in [0.25, 0.3) is 0 Å². The monoisotopic (exact) mass is 271 g/mol. The number of rotatable bonds is 4. The summed E-state index contributed by atoms with van der Waals surface area (Å²) in [5, 5.41) is 4.52. The lowest BCUT2D eigenvalue weighted by atomic mass is 10.1. The fourth-order valence-electron chi connectivity index (χ4n) is 2.18. The van der Waals surface area contributed by atoms with Crippen molar-refractivity contribution in [3.05, 3.63) is 34.3 Å². The van der Waals surface area contributed by atoms with Gasteiger partial charge in [0.2, 0.25) is 0 Å². The largest absolute Gasteiger partial charge is 0.312 e. The van der Waals surface area contributed by atoms with E-state index in [1.807, 2.05) is 13.0 Å². The second-order valence-corrected chi connectivity index (χ2v) is 6.97. The van der Waals surface area contributed by atoms with E-state index < -0.39 is 10.8 Å². The molecule has 3 unspecified atom stereocenters. The van der Waals surface area contributed by atoms with Crippen molar-refractivity contribution < 1.29 is 4.21 Å². The zero-order chi connectivity index (χ0) is 12.4. The normalized spacial score (nSPS) is 22.2. The number of halogens is 1. The summed E-state index contributed by atoms with van der Waals surface area (Å²) in [6.45, 7) is 2.83. The minimum Gasteiger partial charge on any atom is -0.312 e. The van der Waals surface area contributed by atoms with Gasteiger partial charge in [0.15, 0.2) is 0 Å². The number of hydrogen-bond donors (Lipinski definition) is 1. The average Bonchev–Trinajstić information content (AvgIpc) is 2.67. The summed E-state index contributed by atoms with van der Waals surface area (Å²) in [5.41, 5.74) is 2.73. The topological polar surface area (TPSA) is 29.1 Å². The molecule has 0 bridgehead atoms. The molecule has 3 atom stereocenters. The van der Waals surface area contributed by atoms with Crippen LogP contribution in [0.4, 0.5) is 0 Å². The molecule has 4 heteroatoms. The maximum Gasteiger partial charge on any atom is 0.0441 e. The third kappa shape index (κ3) is 3.30. The second-order valence-electron chi connectivity index (χ2n) is 4.74. The van der Waals surface area contributed by atoms with E-state index in [0.29, 0.717) is 6.04 Å². The van der Waals surface area contributed by atoms with Gasteiger partial charge in [0.1, 0.15) is 0 Å². The fraction of sp³-hybridized carbons (Fsp3) is 0.538. The number of benzene rings is 1. The van der Waals surface area contributed by atoms with Gasteiger partial charge in [-0.15, -0.1) is 0 Å². The van der Waals surface area contributed by atoms with E-state index in [9.17, 15) is 4.21 Å². The summed E-state index contributed by atoms with van der Waals surface area (Å²) >= 11 is 5.98. The first-order valence-electron chi connectivity index (χ1n) is 5.89. The molecule has 2 rings (SSSR count). The Hall–Kier alpha value is -0.380. The van der Waals surface area contributed by atoms with Crippen molar-refractivity contribution in [2.45, 2.75) is 31.1 Å². The van der Waals surface area contributed by atoms with Gasteiger partial charge in [-0.3, -0.25) is 4.21 Å². The van der Waals surface area contributed by atoms with Crippen LogP contribution in [0.3, 0.4) is 0 Å². The van der Waals surface area contributed by atoms with Crippen LogP contribution in [0.25, 0.3) is 0 Å². The third-order valence-corrected chi connectivity index (χ3v) is 4.90. The zero-order valence-corrected chi connectivity index (χ0v) is 11.8. The van der Waals surface area contributed by atoms with Gasteiger partial charge in [0, 0.05) is 39.9 Å². The first-order chi connectivity index (χ1) is 8.06. The van der Waals surface area contributed by atoms with Crippen molar-refractivity contribution in [1.82, 2.24) is 5.32 Å². The molecule has 0 amide bonds. The number of hydrogen-bond acceptors (Lipinski definition) is 2. The second kappa shape index (κ2) is 5.51. The standard InChI is InChI=1S/C13H18ClNOS/c1-9(17(2)16)8-15-13-6-10-3-4-12(14)5-11(10)7-13/h3-5,9,13,15H,6-8H2,1-2H3. The predicted molar refractivity (Wildman–Crippen MR) is 74.2 cm³/mol. The third-order valence-electron chi connectivity index (χ3n) is 3.36. The average molecular weight is 272 g/mol. The molecular formula is C13H18ClNOS. The van der Waals surface area contributed by atoms with Crippen LogP contribution in [0.1, 0.15) is 18.1 Å². The fourth-order valence-corrected chi connectivity index (χ4v) is 2.71. The molecule has 0 saturated heterocycles. The van der Waals surface area contributed by atoms with Crippen molar-refractivity contribution in [1.29, 1.82) is 0 Å². The van der Waals surface area contributed by atoms with Gasteiger partial charge in [0.05, 0.1) is 0 Å². The van der Waals surface area contributed by atoms with E-state index in [4.69, 9.17) is 11.6 Å². The number of nitrogens with one attached hydrogen (secondary N) is 1. The van der Waals surface area contributed by atoms with Crippen LogP contribution in [0.5, 0.6) is 0 Å². The minimum atomic E-state index is -0.748. The van der Waals surface area contributed by atoms with Gasteiger partial charge in [-0.25, -0.2) is 0 Å². The maximum absolute atomic E-state index is 11.3. The Balaban J connectivity index is 1.90. The highest BCUT2D eigenvalue weighted by molar-refractivity contribution is 7.84. The molecule has 94 valence electrons. The van der Waals surface area contributed by atoms with E-state index in [1.165, 1.54) is 11.1 Å². The van der Waals surface area contributed by atoms with Crippen molar-refractivity contribution in [2.24, 2.45) is 0 Å². The number of fused-ring (bicyclic) bond motifs is 1. The van der Waals surface area contributed by atoms with Gasteiger partial charge in [-0.1, -0.05) is 17.7 Å². The van der Waals surface area contributed by atoms with Crippen molar-refractivity contribution >= 4 is 22.4 Å². The summed E-state index contributed by atoms with van der Waals surface area (Å²) in [4.78, 5) is 0. The molecule has 17 heavy (non-hydrogen) atoms. The van der Waals surface area contributed by atoms with Gasteiger partial charge in [-0.05, 0) is 43.0 Å². The lowest BCUT2D eigenvalue weighted by Crippen LogP contribution is -2.36. The minimum absolute atomic E-state index is 0.210. The Bertz CT molecular complexity index is 435. The Kier molecular flexibility index (Phi) is 4.23. The quantitative estimate of drug-likeness (QED) is 0.909. The molecule has 0 spiro atoms. The molecule has 0 saturated carbocycles. The summed E-state index contributed by atoms with van der Waals surface area (Å²) in [5.74, 6) is 0. The van der Waals surface area contributed by atoms with Crippen molar-refractivity contribution in [2.75, 3.05) is 12.8 Å². The maximum atomic E-state index is 11.3.